The highest BCUT2D eigenvalue weighted by molar-refractivity contribution is 5.85. The van der Waals surface area contributed by atoms with Gasteiger partial charge in [-0.25, -0.2) is 0 Å². The van der Waals surface area contributed by atoms with Crippen molar-refractivity contribution in [3.63, 3.8) is 0 Å². The van der Waals surface area contributed by atoms with E-state index in [4.69, 9.17) is 8.85 Å². The van der Waals surface area contributed by atoms with Gasteiger partial charge >= 0.3 is 5.97 Å². The number of halogens is 1. The minimum Gasteiger partial charge on any atom is -0.550 e. The highest BCUT2D eigenvalue weighted by Crippen LogP contribution is 2.11. The van der Waals surface area contributed by atoms with E-state index in [0.717, 1.165) is 25.7 Å². The maximum Gasteiger partial charge on any atom is 0.306 e. The molecule has 0 saturated heterocycles. The smallest absolute Gasteiger partial charge is 0.306 e. The van der Waals surface area contributed by atoms with Crippen LogP contribution < -0.4 is 5.11 Å². The lowest BCUT2D eigenvalue weighted by Gasteiger charge is -2.29. The largest absolute Gasteiger partial charge is 0.550 e. The van der Waals surface area contributed by atoms with Gasteiger partial charge in [-0.15, -0.1) is 12.4 Å². The van der Waals surface area contributed by atoms with Gasteiger partial charge in [-0.1, -0.05) is 45.4 Å². The fourth-order valence-corrected chi connectivity index (χ4v) is 2.29. The number of ether oxygens (including phenoxy) is 1. The monoisotopic (exact) mass is 354 g/mol. The number of hydrogen-bond acceptors (Lipinski definition) is 4. The Hall–Kier alpha value is -0.810. The molecule has 0 spiro atoms. The molecule has 0 aromatic rings. The van der Waals surface area contributed by atoms with Crippen LogP contribution >= 0.6 is 12.4 Å². The van der Waals surface area contributed by atoms with E-state index in [9.17, 15) is 14.7 Å². The number of carboxylic acid groups (broad SMARTS) is 1. The fraction of sp³-hybridized carbons (Fsp3) is 0.882. The summed E-state index contributed by atoms with van der Waals surface area (Å²) < 4.78 is 27.1. The number of nitrogens with zero attached hydrogens (tertiary/aromatic N) is 1. The van der Waals surface area contributed by atoms with Gasteiger partial charge in [0.25, 0.3) is 0 Å². The Bertz CT molecular complexity index is 412. The van der Waals surface area contributed by atoms with Crippen LogP contribution in [0.5, 0.6) is 0 Å². The van der Waals surface area contributed by atoms with Crippen LogP contribution in [-0.2, 0) is 14.3 Å². The number of esters is 1. The highest BCUT2D eigenvalue weighted by Gasteiger charge is 2.22. The third kappa shape index (κ3) is 17.4. The van der Waals surface area contributed by atoms with Crippen LogP contribution in [0.4, 0.5) is 0 Å². The number of carboxylic acids is 1. The molecule has 0 aliphatic heterocycles. The molecule has 0 unspecified atom stereocenters. The summed E-state index contributed by atoms with van der Waals surface area (Å²) in [7, 11) is 5.72. The number of unbranched alkanes of at least 4 members (excludes halogenated alkanes) is 5. The Morgan fingerprint density at radius 1 is 1.09 bits per heavy atom. The molecule has 0 rings (SSSR count). The predicted octanol–water partition coefficient (Wildman–Crippen LogP) is 2.31. The van der Waals surface area contributed by atoms with Crippen molar-refractivity contribution in [3.05, 3.63) is 0 Å². The summed E-state index contributed by atoms with van der Waals surface area (Å²) in [5.41, 5.74) is 0. The first kappa shape index (κ1) is 18.5. The van der Waals surface area contributed by atoms with E-state index in [1.54, 1.807) is 0 Å². The fourth-order valence-electron chi connectivity index (χ4n) is 2.29. The van der Waals surface area contributed by atoms with E-state index in [0.29, 0.717) is 23.9 Å². The van der Waals surface area contributed by atoms with Crippen molar-refractivity contribution >= 4 is 24.3 Å². The second-order valence-corrected chi connectivity index (χ2v) is 6.78. The number of rotatable bonds is 13. The Balaban J connectivity index is 0. The van der Waals surface area contributed by atoms with E-state index in [1.165, 1.54) is 0 Å². The molecule has 0 aromatic carbocycles. The van der Waals surface area contributed by atoms with Gasteiger partial charge in [-0.05, 0) is 6.42 Å². The molecule has 0 aromatic heterocycles. The van der Waals surface area contributed by atoms with Gasteiger partial charge in [-0.3, -0.25) is 4.79 Å². The molecule has 0 fully saturated rings. The highest BCUT2D eigenvalue weighted by atomic mass is 35.5. The zero-order valence-corrected chi connectivity index (χ0v) is 15.5. The van der Waals surface area contributed by atoms with Gasteiger partial charge in [0.2, 0.25) is 0 Å². The molecule has 138 valence electrons. The summed E-state index contributed by atoms with van der Waals surface area (Å²) >= 11 is 0. The quantitative estimate of drug-likeness (QED) is 0.289. The Kier molecular flexibility index (Phi) is 11.0. The van der Waals surface area contributed by atoms with Crippen molar-refractivity contribution in [3.8, 4) is 0 Å². The second kappa shape index (κ2) is 13.6. The first-order chi connectivity index (χ1) is 11.4. The topological polar surface area (TPSA) is 66.4 Å². The van der Waals surface area contributed by atoms with Crippen molar-refractivity contribution in [2.24, 2.45) is 0 Å². The third-order valence-corrected chi connectivity index (χ3v) is 3.25. The van der Waals surface area contributed by atoms with Gasteiger partial charge in [-0.2, -0.15) is 0 Å². The lowest BCUT2D eigenvalue weighted by atomic mass is 10.1. The van der Waals surface area contributed by atoms with Crippen molar-refractivity contribution in [2.45, 2.75) is 70.7 Å². The average molecular weight is 355 g/mol. The molecule has 0 aliphatic carbocycles. The number of hydrogen-bond donors (Lipinski definition) is 0. The van der Waals surface area contributed by atoms with Crippen LogP contribution in [0.15, 0.2) is 0 Å². The van der Waals surface area contributed by atoms with Crippen LogP contribution in [0.3, 0.4) is 0 Å². The Morgan fingerprint density at radius 3 is 2.17 bits per heavy atom. The average Bonchev–Trinajstić information content (AvgIpc) is 2.37. The lowest BCUT2D eigenvalue weighted by molar-refractivity contribution is -0.873. The molecule has 23 heavy (non-hydrogen) atoms. The number of aliphatic carboxylic acids is 1. The molecule has 0 radical (unpaired) electrons. The number of quaternary nitrogens is 1. The predicted molar refractivity (Wildman–Crippen MR) is 92.3 cm³/mol. The molecule has 0 N–H and O–H groups in total. The van der Waals surface area contributed by atoms with Gasteiger partial charge in [0.1, 0.15) is 6.54 Å². The summed E-state index contributed by atoms with van der Waals surface area (Å²) in [4.78, 5) is 22.6. The van der Waals surface area contributed by atoms with Crippen LogP contribution in [0.1, 0.15) is 68.8 Å². The van der Waals surface area contributed by atoms with E-state index in [-0.39, 0.29) is 37.6 Å². The van der Waals surface area contributed by atoms with Crippen LogP contribution in [0, 0.1) is 0 Å². The van der Waals surface area contributed by atoms with Crippen molar-refractivity contribution < 1.29 is 28.0 Å². The molecule has 0 heterocycles. The van der Waals surface area contributed by atoms with Gasteiger partial charge in [0.05, 0.1) is 21.1 Å². The molecular formula is C17H34ClNO4. The van der Waals surface area contributed by atoms with E-state index in [1.807, 2.05) is 21.1 Å². The second-order valence-electron chi connectivity index (χ2n) is 6.78. The molecule has 0 amide bonds. The minimum atomic E-state index is -1.84. The molecule has 5 nitrogen and oxygen atoms in total. The molecule has 0 bridgehead atoms. The Morgan fingerprint density at radius 2 is 1.65 bits per heavy atom. The summed E-state index contributed by atoms with van der Waals surface area (Å²) in [5.74, 6) is -1.59. The van der Waals surface area contributed by atoms with Crippen molar-refractivity contribution in [1.82, 2.24) is 0 Å². The van der Waals surface area contributed by atoms with Crippen LogP contribution in [-0.4, -0.2) is 50.2 Å². The maximum absolute atomic E-state index is 11.9. The van der Waals surface area contributed by atoms with Gasteiger partial charge < -0.3 is 19.1 Å². The number of likely N-dealkylation sites (N-methyl/N-ethyl adjacent to an activating group) is 1. The minimum absolute atomic E-state index is 0. The van der Waals surface area contributed by atoms with E-state index < -0.39 is 18.9 Å². The molecule has 0 saturated carbocycles. The van der Waals surface area contributed by atoms with E-state index >= 15 is 0 Å². The summed E-state index contributed by atoms with van der Waals surface area (Å²) in [5, 5.41) is 10.8. The number of carbonyl (C=O) groups excluding carboxylic acids is 2. The van der Waals surface area contributed by atoms with Crippen LogP contribution in [0.2, 0.25) is 0 Å². The first-order valence-corrected chi connectivity index (χ1v) is 8.09. The zero-order chi connectivity index (χ0) is 19.5. The van der Waals surface area contributed by atoms with Gasteiger partial charge in [0.15, 0.2) is 6.10 Å². The summed E-state index contributed by atoms with van der Waals surface area (Å²) in [6.45, 7) is -1.42. The van der Waals surface area contributed by atoms with Crippen molar-refractivity contribution in [1.29, 1.82) is 0 Å². The maximum atomic E-state index is 11.9. The summed E-state index contributed by atoms with van der Waals surface area (Å²) in [6, 6.07) is 0. The zero-order valence-electron chi connectivity index (χ0n) is 17.6. The third-order valence-electron chi connectivity index (χ3n) is 3.25. The molecular weight excluding hydrogens is 318 g/mol. The normalized spacial score (nSPS) is 14.8. The standard InChI is InChI=1S/C17H33NO4.ClH/c1-5-6-7-8-9-10-11-12-17(21)22-15(13-16(19)20)14-18(2,3)4;/h15H,5-14H2,1-4H3;1H/t15-;/m1./s1/i1D3;. The SMILES string of the molecule is Cl.[2H]C([2H])([2H])CCCCCCCCC(=O)O[C@H](CC(=O)[O-])C[N+](C)(C)C. The molecule has 6 heteroatoms. The molecule has 1 atom stereocenters. The van der Waals surface area contributed by atoms with Crippen LogP contribution in [0.25, 0.3) is 0 Å². The lowest BCUT2D eigenvalue weighted by Crippen LogP contribution is -2.45. The van der Waals surface area contributed by atoms with E-state index in [2.05, 4.69) is 0 Å². The van der Waals surface area contributed by atoms with Crippen molar-refractivity contribution in [2.75, 3.05) is 27.7 Å². The van der Waals surface area contributed by atoms with Gasteiger partial charge in [0, 0.05) is 22.9 Å². The molecule has 0 aliphatic rings. The first-order valence-electron chi connectivity index (χ1n) is 9.59. The Labute approximate surface area is 151 Å². The summed E-state index contributed by atoms with van der Waals surface area (Å²) in [6.07, 6.45) is 4.65. The number of carbonyl (C=O) groups is 2.